The molecule has 7 nitrogen and oxygen atoms in total. The van der Waals surface area contributed by atoms with Crippen LogP contribution in [0.15, 0.2) is 12.1 Å². The number of carbonyl (C=O) groups is 2. The van der Waals surface area contributed by atoms with Gasteiger partial charge in [-0.15, -0.1) is 0 Å². The summed E-state index contributed by atoms with van der Waals surface area (Å²) < 4.78 is 4.78. The third kappa shape index (κ3) is 6.16. The Morgan fingerprint density at radius 3 is 1.95 bits per heavy atom. The molecule has 0 aliphatic heterocycles. The molecular weight excluding hydrogens is 256 g/mol. The van der Waals surface area contributed by atoms with Crippen LogP contribution in [0.2, 0.25) is 0 Å². The fraction of sp³-hybridized carbons (Fsp3) is 0.333. The lowest BCUT2D eigenvalue weighted by Crippen LogP contribution is -2.05. The van der Waals surface area contributed by atoms with E-state index in [1.54, 1.807) is 0 Å². The molecule has 0 atom stereocenters. The first-order chi connectivity index (χ1) is 8.79. The van der Waals surface area contributed by atoms with Gasteiger partial charge in [-0.3, -0.25) is 4.79 Å². The number of benzene rings is 1. The molecule has 1 aromatic carbocycles. The standard InChI is InChI=1S/C10H12O5.C2H4O2/c1-2-3-15-10(14)6-4-7(11)9(13)8(12)5-6;1-2(3)4/h4-5,11-13H,2-3H2,1H3;1H3,(H,3,4). The van der Waals surface area contributed by atoms with E-state index in [9.17, 15) is 4.79 Å². The molecule has 1 rings (SSSR count). The maximum absolute atomic E-state index is 11.3. The molecule has 0 saturated carbocycles. The molecule has 0 aliphatic rings. The molecule has 0 unspecified atom stereocenters. The van der Waals surface area contributed by atoms with E-state index in [4.69, 9.17) is 30.0 Å². The van der Waals surface area contributed by atoms with Crippen LogP contribution in [0.25, 0.3) is 0 Å². The topological polar surface area (TPSA) is 124 Å². The molecule has 0 amide bonds. The number of rotatable bonds is 3. The summed E-state index contributed by atoms with van der Waals surface area (Å²) in [6, 6.07) is 2.07. The number of carbonyl (C=O) groups excluding carboxylic acids is 1. The number of aliphatic carboxylic acids is 1. The molecular formula is C12H16O7. The minimum absolute atomic E-state index is 0.00347. The van der Waals surface area contributed by atoms with Gasteiger partial charge in [0.05, 0.1) is 12.2 Å². The number of phenolic OH excluding ortho intramolecular Hbond substituents is 3. The van der Waals surface area contributed by atoms with Crippen molar-refractivity contribution < 1.29 is 34.8 Å². The van der Waals surface area contributed by atoms with E-state index in [-0.39, 0.29) is 12.2 Å². The zero-order chi connectivity index (χ0) is 15.0. The molecule has 0 saturated heterocycles. The minimum Gasteiger partial charge on any atom is -0.504 e. The lowest BCUT2D eigenvalue weighted by Gasteiger charge is -2.05. The number of esters is 1. The monoisotopic (exact) mass is 272 g/mol. The number of aromatic hydroxyl groups is 3. The van der Waals surface area contributed by atoms with Crippen LogP contribution in [0.4, 0.5) is 0 Å². The molecule has 19 heavy (non-hydrogen) atoms. The SMILES string of the molecule is CC(=O)O.CCCOC(=O)c1cc(O)c(O)c(O)c1. The van der Waals surface area contributed by atoms with Crippen LogP contribution in [-0.4, -0.2) is 39.0 Å². The van der Waals surface area contributed by atoms with Gasteiger partial charge >= 0.3 is 5.97 Å². The molecule has 0 fully saturated rings. The van der Waals surface area contributed by atoms with Crippen molar-refractivity contribution in [1.82, 2.24) is 0 Å². The Bertz CT molecular complexity index is 426. The van der Waals surface area contributed by atoms with Gasteiger partial charge in [0.15, 0.2) is 17.2 Å². The fourth-order valence-corrected chi connectivity index (χ4v) is 1.00. The quantitative estimate of drug-likeness (QED) is 0.485. The van der Waals surface area contributed by atoms with Gasteiger partial charge in [-0.1, -0.05) is 6.92 Å². The Hall–Kier alpha value is -2.44. The van der Waals surface area contributed by atoms with Crippen molar-refractivity contribution in [3.05, 3.63) is 17.7 Å². The van der Waals surface area contributed by atoms with Crippen molar-refractivity contribution in [2.75, 3.05) is 6.61 Å². The number of phenols is 3. The molecule has 106 valence electrons. The first kappa shape index (κ1) is 16.6. The second-order valence-electron chi connectivity index (χ2n) is 3.52. The molecule has 4 N–H and O–H groups in total. The Labute approximate surface area is 109 Å². The fourth-order valence-electron chi connectivity index (χ4n) is 1.00. The highest BCUT2D eigenvalue weighted by Gasteiger charge is 2.13. The van der Waals surface area contributed by atoms with Crippen molar-refractivity contribution in [3.8, 4) is 17.2 Å². The minimum atomic E-state index is -0.833. The molecule has 0 radical (unpaired) electrons. The zero-order valence-corrected chi connectivity index (χ0v) is 10.6. The van der Waals surface area contributed by atoms with E-state index in [0.29, 0.717) is 6.42 Å². The lowest BCUT2D eigenvalue weighted by atomic mass is 10.2. The normalized spacial score (nSPS) is 9.16. The summed E-state index contributed by atoms with van der Waals surface area (Å²) in [7, 11) is 0. The lowest BCUT2D eigenvalue weighted by molar-refractivity contribution is -0.134. The van der Waals surface area contributed by atoms with Crippen LogP contribution in [0.3, 0.4) is 0 Å². The third-order valence-electron chi connectivity index (χ3n) is 1.74. The number of carboxylic acids is 1. The van der Waals surface area contributed by atoms with Gasteiger partial charge in [0.25, 0.3) is 5.97 Å². The van der Waals surface area contributed by atoms with E-state index in [0.717, 1.165) is 19.1 Å². The number of hydrogen-bond acceptors (Lipinski definition) is 6. The maximum atomic E-state index is 11.3. The van der Waals surface area contributed by atoms with Gasteiger partial charge in [-0.25, -0.2) is 4.79 Å². The zero-order valence-electron chi connectivity index (χ0n) is 10.6. The molecule has 0 aliphatic carbocycles. The van der Waals surface area contributed by atoms with Crippen LogP contribution in [0, 0.1) is 0 Å². The van der Waals surface area contributed by atoms with Crippen molar-refractivity contribution in [1.29, 1.82) is 0 Å². The van der Waals surface area contributed by atoms with E-state index in [2.05, 4.69) is 0 Å². The summed E-state index contributed by atoms with van der Waals surface area (Å²) >= 11 is 0. The molecule has 7 heteroatoms. The van der Waals surface area contributed by atoms with Crippen molar-refractivity contribution in [2.24, 2.45) is 0 Å². The van der Waals surface area contributed by atoms with Gasteiger partial charge in [0, 0.05) is 6.92 Å². The molecule has 1 aromatic rings. The van der Waals surface area contributed by atoms with Crippen LogP contribution >= 0.6 is 0 Å². The predicted molar refractivity (Wildman–Crippen MR) is 65.3 cm³/mol. The van der Waals surface area contributed by atoms with E-state index < -0.39 is 29.2 Å². The van der Waals surface area contributed by atoms with E-state index in [1.807, 2.05) is 6.92 Å². The van der Waals surface area contributed by atoms with E-state index in [1.165, 1.54) is 0 Å². The Morgan fingerprint density at radius 1 is 1.16 bits per heavy atom. The van der Waals surface area contributed by atoms with Crippen molar-refractivity contribution in [2.45, 2.75) is 20.3 Å². The highest BCUT2D eigenvalue weighted by atomic mass is 16.5. The average molecular weight is 272 g/mol. The second kappa shape index (κ2) is 7.80. The van der Waals surface area contributed by atoms with Crippen molar-refractivity contribution >= 4 is 11.9 Å². The van der Waals surface area contributed by atoms with Crippen molar-refractivity contribution in [3.63, 3.8) is 0 Å². The summed E-state index contributed by atoms with van der Waals surface area (Å²) in [4.78, 5) is 20.3. The van der Waals surface area contributed by atoms with E-state index >= 15 is 0 Å². The summed E-state index contributed by atoms with van der Waals surface area (Å²) in [5.41, 5.74) is -0.00347. The summed E-state index contributed by atoms with van der Waals surface area (Å²) in [5.74, 6) is -3.25. The molecule has 0 bridgehead atoms. The maximum Gasteiger partial charge on any atom is 0.338 e. The van der Waals surface area contributed by atoms with Gasteiger partial charge in [0.1, 0.15) is 0 Å². The summed E-state index contributed by atoms with van der Waals surface area (Å²) in [5, 5.41) is 34.7. The van der Waals surface area contributed by atoms with Gasteiger partial charge < -0.3 is 25.2 Å². The third-order valence-corrected chi connectivity index (χ3v) is 1.74. The largest absolute Gasteiger partial charge is 0.504 e. The molecule has 0 heterocycles. The Balaban J connectivity index is 0.000000711. The highest BCUT2D eigenvalue weighted by molar-refractivity contribution is 5.91. The number of ether oxygens (including phenoxy) is 1. The van der Waals surface area contributed by atoms with Crippen LogP contribution in [0.5, 0.6) is 17.2 Å². The first-order valence-electron chi connectivity index (χ1n) is 5.41. The van der Waals surface area contributed by atoms with Crippen LogP contribution in [-0.2, 0) is 9.53 Å². The first-order valence-corrected chi connectivity index (χ1v) is 5.41. The predicted octanol–water partition coefficient (Wildman–Crippen LogP) is 1.46. The number of hydrogen-bond donors (Lipinski definition) is 4. The summed E-state index contributed by atoms with van der Waals surface area (Å²) in [6.45, 7) is 3.19. The smallest absolute Gasteiger partial charge is 0.338 e. The number of carboxylic acid groups (broad SMARTS) is 1. The highest BCUT2D eigenvalue weighted by Crippen LogP contribution is 2.35. The second-order valence-corrected chi connectivity index (χ2v) is 3.52. The van der Waals surface area contributed by atoms with Gasteiger partial charge in [-0.2, -0.15) is 0 Å². The van der Waals surface area contributed by atoms with Crippen LogP contribution < -0.4 is 0 Å². The van der Waals surface area contributed by atoms with Gasteiger partial charge in [-0.05, 0) is 18.6 Å². The average Bonchev–Trinajstić information content (AvgIpc) is 2.31. The van der Waals surface area contributed by atoms with Crippen LogP contribution in [0.1, 0.15) is 30.6 Å². The Morgan fingerprint density at radius 2 is 1.58 bits per heavy atom. The van der Waals surface area contributed by atoms with Gasteiger partial charge in [0.2, 0.25) is 0 Å². The summed E-state index contributed by atoms with van der Waals surface area (Å²) in [6.07, 6.45) is 0.682. The molecule has 0 spiro atoms. The Kier molecular flexibility index (Phi) is 6.80. The molecule has 0 aromatic heterocycles.